The summed E-state index contributed by atoms with van der Waals surface area (Å²) in [5.74, 6) is -1.71. The Kier molecular flexibility index (Phi) is 4.77. The normalized spacial score (nSPS) is 19.9. The minimum Gasteiger partial charge on any atom is -0.507 e. The number of nitrogens with zero attached hydrogens (tertiary/aromatic N) is 2. The molecule has 9 heteroatoms. The number of aromatic hydroxyl groups is 1. The number of amides is 1. The topological polar surface area (TPSA) is 73.1 Å². The predicted octanol–water partition coefficient (Wildman–Crippen LogP) is 3.96. The quantitative estimate of drug-likeness (QED) is 0.738. The number of hydrogen-bond acceptors (Lipinski definition) is 4. The number of phenols is 1. The summed E-state index contributed by atoms with van der Waals surface area (Å²) in [6, 6.07) is 10.4. The van der Waals surface area contributed by atoms with Crippen LogP contribution < -0.4 is 0 Å². The molecule has 0 radical (unpaired) electrons. The first-order valence-electron chi connectivity index (χ1n) is 7.80. The molecule has 0 fully saturated rings. The van der Waals surface area contributed by atoms with E-state index in [1.807, 2.05) is 0 Å². The molecule has 27 heavy (non-hydrogen) atoms. The van der Waals surface area contributed by atoms with E-state index in [-0.39, 0.29) is 16.3 Å². The van der Waals surface area contributed by atoms with Crippen molar-refractivity contribution in [2.75, 3.05) is 0 Å². The number of halogens is 4. The zero-order valence-corrected chi connectivity index (χ0v) is 15.5. The second kappa shape index (κ2) is 6.65. The first-order valence-corrected chi connectivity index (χ1v) is 8.59. The van der Waals surface area contributed by atoms with E-state index in [1.54, 1.807) is 12.1 Å². The van der Waals surface area contributed by atoms with Gasteiger partial charge in [0.15, 0.2) is 0 Å². The molecular formula is C18H14BrF3N2O3. The molecule has 1 atom stereocenters. The van der Waals surface area contributed by atoms with Gasteiger partial charge in [0.1, 0.15) is 5.75 Å². The van der Waals surface area contributed by atoms with E-state index >= 15 is 0 Å². The van der Waals surface area contributed by atoms with E-state index in [0.717, 1.165) is 0 Å². The Morgan fingerprint density at radius 3 is 2.56 bits per heavy atom. The number of aliphatic hydroxyl groups is 1. The van der Waals surface area contributed by atoms with Gasteiger partial charge in [-0.3, -0.25) is 4.79 Å². The maximum Gasteiger partial charge on any atom is 0.438 e. The first kappa shape index (κ1) is 19.4. The van der Waals surface area contributed by atoms with Crippen LogP contribution in [0.15, 0.2) is 52.0 Å². The second-order valence-corrected chi connectivity index (χ2v) is 7.05. The lowest BCUT2D eigenvalue weighted by Crippen LogP contribution is -2.56. The highest BCUT2D eigenvalue weighted by Gasteiger charge is 2.63. The fourth-order valence-corrected chi connectivity index (χ4v) is 3.15. The summed E-state index contributed by atoms with van der Waals surface area (Å²) < 4.78 is 41.5. The smallest absolute Gasteiger partial charge is 0.438 e. The Labute approximate surface area is 160 Å². The summed E-state index contributed by atoms with van der Waals surface area (Å²) in [5, 5.41) is 24.2. The third-order valence-corrected chi connectivity index (χ3v) is 4.75. The highest BCUT2D eigenvalue weighted by atomic mass is 79.9. The fraction of sp³-hybridized carbons (Fsp3) is 0.222. The van der Waals surface area contributed by atoms with Crippen LogP contribution in [0.4, 0.5) is 13.2 Å². The molecule has 1 unspecified atom stereocenters. The Hall–Kier alpha value is -2.39. The number of carbonyl (C=O) groups is 1. The van der Waals surface area contributed by atoms with Crippen LogP contribution in [0.5, 0.6) is 5.75 Å². The highest BCUT2D eigenvalue weighted by molar-refractivity contribution is 9.10. The van der Waals surface area contributed by atoms with Gasteiger partial charge in [0.2, 0.25) is 0 Å². The number of rotatable bonds is 2. The molecule has 0 spiro atoms. The van der Waals surface area contributed by atoms with E-state index in [0.29, 0.717) is 15.6 Å². The van der Waals surface area contributed by atoms with E-state index in [1.165, 1.54) is 37.3 Å². The zero-order chi connectivity index (χ0) is 20.0. The van der Waals surface area contributed by atoms with Gasteiger partial charge >= 0.3 is 6.18 Å². The SMILES string of the molecule is Cc1cccc(C(=O)N2N=C(c3cccc(Br)c3)CC2(O)C(F)(F)F)c1O. The van der Waals surface area contributed by atoms with Crippen LogP contribution >= 0.6 is 15.9 Å². The summed E-state index contributed by atoms with van der Waals surface area (Å²) in [4.78, 5) is 12.7. The lowest BCUT2D eigenvalue weighted by molar-refractivity contribution is -0.297. The van der Waals surface area contributed by atoms with Gasteiger partial charge in [-0.1, -0.05) is 40.2 Å². The number of hydrogen-bond donors (Lipinski definition) is 2. The van der Waals surface area contributed by atoms with E-state index in [2.05, 4.69) is 21.0 Å². The van der Waals surface area contributed by atoms with Crippen molar-refractivity contribution in [3.05, 3.63) is 63.6 Å². The maximum atomic E-state index is 13.6. The summed E-state index contributed by atoms with van der Waals surface area (Å²) in [6.07, 6.45) is -6.08. The van der Waals surface area contributed by atoms with Gasteiger partial charge in [-0.15, -0.1) is 0 Å². The van der Waals surface area contributed by atoms with E-state index in [4.69, 9.17) is 0 Å². The lowest BCUT2D eigenvalue weighted by atomic mass is 10.0. The molecule has 2 aromatic carbocycles. The largest absolute Gasteiger partial charge is 0.507 e. The monoisotopic (exact) mass is 442 g/mol. The predicted molar refractivity (Wildman–Crippen MR) is 95.3 cm³/mol. The number of phenolic OH excluding ortho intramolecular Hbond substituents is 1. The summed E-state index contributed by atoms with van der Waals surface area (Å²) >= 11 is 3.22. The van der Waals surface area contributed by atoms with Crippen molar-refractivity contribution in [3.63, 3.8) is 0 Å². The van der Waals surface area contributed by atoms with Crippen LogP contribution in [0.2, 0.25) is 0 Å². The van der Waals surface area contributed by atoms with Crippen LogP contribution in [0.25, 0.3) is 0 Å². The van der Waals surface area contributed by atoms with Gasteiger partial charge in [0.25, 0.3) is 11.6 Å². The maximum absolute atomic E-state index is 13.6. The third kappa shape index (κ3) is 3.32. The van der Waals surface area contributed by atoms with Crippen LogP contribution in [0.1, 0.15) is 27.9 Å². The Balaban J connectivity index is 2.11. The van der Waals surface area contributed by atoms with Crippen molar-refractivity contribution in [3.8, 4) is 5.75 Å². The number of alkyl halides is 3. The van der Waals surface area contributed by atoms with Crippen LogP contribution in [0.3, 0.4) is 0 Å². The van der Waals surface area contributed by atoms with E-state index in [9.17, 15) is 28.2 Å². The highest BCUT2D eigenvalue weighted by Crippen LogP contribution is 2.42. The van der Waals surface area contributed by atoms with Gasteiger partial charge in [-0.2, -0.15) is 23.3 Å². The summed E-state index contributed by atoms with van der Waals surface area (Å²) in [6.45, 7) is 1.50. The Morgan fingerprint density at radius 2 is 1.93 bits per heavy atom. The number of carbonyl (C=O) groups excluding carboxylic acids is 1. The Bertz CT molecular complexity index is 946. The van der Waals surface area contributed by atoms with Gasteiger partial charge in [0, 0.05) is 4.47 Å². The molecule has 5 nitrogen and oxygen atoms in total. The number of aryl methyl sites for hydroxylation is 1. The molecule has 0 bridgehead atoms. The molecule has 1 aliphatic heterocycles. The van der Waals surface area contributed by atoms with Crippen molar-refractivity contribution in [1.29, 1.82) is 0 Å². The number of para-hydroxylation sites is 1. The van der Waals surface area contributed by atoms with Crippen molar-refractivity contribution in [1.82, 2.24) is 5.01 Å². The molecule has 0 aromatic heterocycles. The third-order valence-electron chi connectivity index (χ3n) is 4.26. The van der Waals surface area contributed by atoms with Gasteiger partial charge in [-0.05, 0) is 36.2 Å². The number of hydrazone groups is 1. The molecule has 1 heterocycles. The van der Waals surface area contributed by atoms with Crippen LogP contribution in [-0.2, 0) is 0 Å². The molecule has 3 rings (SSSR count). The molecule has 1 amide bonds. The van der Waals surface area contributed by atoms with Crippen molar-refractivity contribution in [2.45, 2.75) is 25.2 Å². The zero-order valence-electron chi connectivity index (χ0n) is 14.0. The Morgan fingerprint density at radius 1 is 1.26 bits per heavy atom. The van der Waals surface area contributed by atoms with Crippen molar-refractivity contribution in [2.24, 2.45) is 5.10 Å². The molecule has 0 saturated heterocycles. The minimum atomic E-state index is -5.15. The molecule has 0 aliphatic carbocycles. The molecule has 0 saturated carbocycles. The number of benzene rings is 2. The first-order chi connectivity index (χ1) is 12.5. The lowest BCUT2D eigenvalue weighted by Gasteiger charge is -2.32. The van der Waals surface area contributed by atoms with Gasteiger partial charge < -0.3 is 10.2 Å². The second-order valence-electron chi connectivity index (χ2n) is 6.14. The fourth-order valence-electron chi connectivity index (χ4n) is 2.75. The molecular weight excluding hydrogens is 429 g/mol. The average Bonchev–Trinajstić information content (AvgIpc) is 2.96. The van der Waals surface area contributed by atoms with Crippen molar-refractivity contribution < 1.29 is 28.2 Å². The van der Waals surface area contributed by atoms with Gasteiger partial charge in [-0.25, -0.2) is 0 Å². The molecule has 1 aliphatic rings. The summed E-state index contributed by atoms with van der Waals surface area (Å²) in [5.41, 5.74) is -3.35. The van der Waals surface area contributed by atoms with E-state index < -0.39 is 30.0 Å². The van der Waals surface area contributed by atoms with Gasteiger partial charge in [0.05, 0.1) is 17.7 Å². The standard InChI is InChI=1S/C18H14BrF3N2O3/c1-10-4-2-7-13(15(10)25)16(26)24-17(27,18(20,21)22)9-14(23-24)11-5-3-6-12(19)8-11/h2-8,25,27H,9H2,1H3. The molecule has 2 N–H and O–H groups in total. The minimum absolute atomic E-state index is 0.00225. The average molecular weight is 443 g/mol. The van der Waals surface area contributed by atoms with Crippen molar-refractivity contribution >= 4 is 27.5 Å². The summed E-state index contributed by atoms with van der Waals surface area (Å²) in [7, 11) is 0. The van der Waals surface area contributed by atoms with Crippen LogP contribution in [-0.4, -0.2) is 38.7 Å². The van der Waals surface area contributed by atoms with Crippen LogP contribution in [0, 0.1) is 6.92 Å². The molecule has 142 valence electrons. The molecule has 2 aromatic rings.